The molecule has 1 saturated carbocycles. The van der Waals surface area contributed by atoms with Gasteiger partial charge >= 0.3 is 0 Å². The molecular formula is C19H28N6O. The number of aromatic nitrogens is 3. The summed E-state index contributed by atoms with van der Waals surface area (Å²) in [5, 5.41) is 10.7. The fourth-order valence-corrected chi connectivity index (χ4v) is 3.14. The molecular weight excluding hydrogens is 328 g/mol. The van der Waals surface area contributed by atoms with Crippen molar-refractivity contribution in [3.05, 3.63) is 30.9 Å². The van der Waals surface area contributed by atoms with Crippen molar-refractivity contribution in [3.63, 3.8) is 0 Å². The van der Waals surface area contributed by atoms with Crippen LogP contribution >= 0.6 is 0 Å². The summed E-state index contributed by atoms with van der Waals surface area (Å²) < 4.78 is 1.84. The quantitative estimate of drug-likeness (QED) is 0.823. The molecule has 2 fully saturated rings. The zero-order chi connectivity index (χ0) is 18.5. The Morgan fingerprint density at radius 3 is 2.58 bits per heavy atom. The Hall–Kier alpha value is -2.41. The number of nitrogens with one attached hydrogen (secondary N) is 2. The van der Waals surface area contributed by atoms with Crippen LogP contribution in [-0.4, -0.2) is 46.7 Å². The minimum atomic E-state index is 0.0392. The van der Waals surface area contributed by atoms with Crippen LogP contribution in [0.1, 0.15) is 32.6 Å². The van der Waals surface area contributed by atoms with Crippen molar-refractivity contribution in [1.29, 1.82) is 0 Å². The van der Waals surface area contributed by atoms with Gasteiger partial charge in [0.1, 0.15) is 5.82 Å². The van der Waals surface area contributed by atoms with Crippen molar-refractivity contribution in [2.24, 2.45) is 5.92 Å². The first-order valence-electron chi connectivity index (χ1n) is 9.32. The number of nitrogens with zero attached hydrogens (tertiary/aromatic N) is 4. The molecule has 2 aliphatic rings. The van der Waals surface area contributed by atoms with Gasteiger partial charge in [0.25, 0.3) is 0 Å². The molecule has 1 amide bonds. The molecule has 0 radical (unpaired) electrons. The number of anilines is 2. The van der Waals surface area contributed by atoms with E-state index in [0.29, 0.717) is 12.0 Å². The van der Waals surface area contributed by atoms with Crippen LogP contribution in [0.2, 0.25) is 0 Å². The van der Waals surface area contributed by atoms with Gasteiger partial charge in [-0.1, -0.05) is 12.1 Å². The summed E-state index contributed by atoms with van der Waals surface area (Å²) in [6, 6.07) is 6.57. The van der Waals surface area contributed by atoms with Crippen molar-refractivity contribution < 1.29 is 4.79 Å². The van der Waals surface area contributed by atoms with Crippen LogP contribution in [0.25, 0.3) is 5.65 Å². The monoisotopic (exact) mass is 356 g/mol. The number of allylic oxidation sites excluding steroid dienone is 1. The van der Waals surface area contributed by atoms with Crippen molar-refractivity contribution in [3.8, 4) is 0 Å². The minimum Gasteiger partial charge on any atom is -0.356 e. The van der Waals surface area contributed by atoms with E-state index in [9.17, 15) is 4.79 Å². The molecule has 2 aromatic rings. The lowest BCUT2D eigenvalue weighted by Crippen LogP contribution is -2.41. The van der Waals surface area contributed by atoms with Gasteiger partial charge in [0, 0.05) is 25.0 Å². The topological polar surface area (TPSA) is 74.6 Å². The van der Waals surface area contributed by atoms with Gasteiger partial charge in [0.15, 0.2) is 5.65 Å². The molecule has 26 heavy (non-hydrogen) atoms. The molecule has 0 bridgehead atoms. The summed E-state index contributed by atoms with van der Waals surface area (Å²) in [7, 11) is 2.02. The highest BCUT2D eigenvalue weighted by molar-refractivity contribution is 5.92. The third-order valence-electron chi connectivity index (χ3n) is 4.75. The van der Waals surface area contributed by atoms with Gasteiger partial charge in [-0.15, -0.1) is 11.7 Å². The zero-order valence-corrected chi connectivity index (χ0v) is 15.6. The highest BCUT2D eigenvalue weighted by Crippen LogP contribution is 2.30. The van der Waals surface area contributed by atoms with E-state index in [2.05, 4.69) is 38.3 Å². The Morgan fingerprint density at radius 2 is 1.96 bits per heavy atom. The summed E-state index contributed by atoms with van der Waals surface area (Å²) in [6.45, 7) is 7.24. The van der Waals surface area contributed by atoms with Crippen LogP contribution in [0.15, 0.2) is 30.9 Å². The van der Waals surface area contributed by atoms with Gasteiger partial charge in [-0.3, -0.25) is 10.1 Å². The molecule has 0 spiro atoms. The van der Waals surface area contributed by atoms with Crippen LogP contribution < -0.4 is 15.5 Å². The number of carbonyl (C=O) groups is 1. The molecule has 1 saturated heterocycles. The van der Waals surface area contributed by atoms with Crippen LogP contribution in [0.4, 0.5) is 11.8 Å². The molecule has 7 nitrogen and oxygen atoms in total. The smallest absolute Gasteiger partial charge is 0.249 e. The van der Waals surface area contributed by atoms with Crippen molar-refractivity contribution in [1.82, 2.24) is 19.9 Å². The predicted molar refractivity (Wildman–Crippen MR) is 105 cm³/mol. The first-order chi connectivity index (χ1) is 12.7. The summed E-state index contributed by atoms with van der Waals surface area (Å²) in [5.41, 5.74) is 0.768. The number of fused-ring (bicyclic) bond motifs is 1. The van der Waals surface area contributed by atoms with E-state index >= 15 is 0 Å². The molecule has 0 atom stereocenters. The molecule has 0 aromatic carbocycles. The molecule has 4 rings (SSSR count). The van der Waals surface area contributed by atoms with E-state index in [0.717, 1.165) is 50.2 Å². The van der Waals surface area contributed by atoms with E-state index in [1.54, 1.807) is 6.08 Å². The average Bonchev–Trinajstić information content (AvgIpc) is 3.42. The SMILES string of the molecule is C=CC.CNC1CCN(c2cccc3nc(NC(=O)C4CC4)nn23)CC1. The Balaban J connectivity index is 0.000000613. The number of piperidine rings is 1. The predicted octanol–water partition coefficient (Wildman–Crippen LogP) is 2.46. The number of amides is 1. The summed E-state index contributed by atoms with van der Waals surface area (Å²) in [5.74, 6) is 1.63. The summed E-state index contributed by atoms with van der Waals surface area (Å²) in [6.07, 6.45) is 5.94. The number of carbonyl (C=O) groups excluding carboxylic acids is 1. The van der Waals surface area contributed by atoms with E-state index in [1.807, 2.05) is 30.6 Å². The lowest BCUT2D eigenvalue weighted by Gasteiger charge is -2.33. The zero-order valence-electron chi connectivity index (χ0n) is 15.6. The van der Waals surface area contributed by atoms with E-state index in [4.69, 9.17) is 0 Å². The Kier molecular flexibility index (Phi) is 5.88. The maximum atomic E-state index is 11.9. The van der Waals surface area contributed by atoms with Crippen LogP contribution in [0.3, 0.4) is 0 Å². The van der Waals surface area contributed by atoms with Crippen LogP contribution in [0, 0.1) is 5.92 Å². The Morgan fingerprint density at radius 1 is 1.27 bits per heavy atom. The fraction of sp³-hybridized carbons (Fsp3) is 0.526. The molecule has 7 heteroatoms. The number of hydrogen-bond donors (Lipinski definition) is 2. The Labute approximate surface area is 154 Å². The van der Waals surface area contributed by atoms with Gasteiger partial charge < -0.3 is 10.2 Å². The largest absolute Gasteiger partial charge is 0.356 e. The van der Waals surface area contributed by atoms with Crippen molar-refractivity contribution in [2.75, 3.05) is 30.4 Å². The maximum absolute atomic E-state index is 11.9. The van der Waals surface area contributed by atoms with Crippen LogP contribution in [-0.2, 0) is 4.79 Å². The lowest BCUT2D eigenvalue weighted by atomic mass is 10.1. The number of pyridine rings is 1. The summed E-state index contributed by atoms with van der Waals surface area (Å²) in [4.78, 5) is 18.7. The van der Waals surface area contributed by atoms with Crippen molar-refractivity contribution >= 4 is 23.3 Å². The van der Waals surface area contributed by atoms with Gasteiger partial charge in [-0.25, -0.2) is 0 Å². The molecule has 0 unspecified atom stereocenters. The highest BCUT2D eigenvalue weighted by atomic mass is 16.2. The second-order valence-electron chi connectivity index (χ2n) is 6.81. The van der Waals surface area contributed by atoms with Crippen molar-refractivity contribution in [2.45, 2.75) is 38.6 Å². The maximum Gasteiger partial charge on any atom is 0.249 e. The molecule has 2 N–H and O–H groups in total. The van der Waals surface area contributed by atoms with Gasteiger partial charge in [-0.05, 0) is 51.8 Å². The van der Waals surface area contributed by atoms with Gasteiger partial charge in [0.2, 0.25) is 11.9 Å². The molecule has 1 aliphatic carbocycles. The summed E-state index contributed by atoms with van der Waals surface area (Å²) >= 11 is 0. The normalized spacial score (nSPS) is 17.5. The average molecular weight is 356 g/mol. The highest BCUT2D eigenvalue weighted by Gasteiger charge is 2.30. The van der Waals surface area contributed by atoms with E-state index in [1.165, 1.54) is 0 Å². The number of hydrogen-bond acceptors (Lipinski definition) is 5. The first-order valence-corrected chi connectivity index (χ1v) is 9.32. The fourth-order valence-electron chi connectivity index (χ4n) is 3.14. The third kappa shape index (κ3) is 4.22. The van der Waals surface area contributed by atoms with Gasteiger partial charge in [0.05, 0.1) is 0 Å². The standard InChI is InChI=1S/C16H22N6O.C3H6/c1-17-12-7-9-21(10-8-12)14-4-2-3-13-18-16(20-22(13)14)19-15(23)11-5-6-11;1-3-2/h2-4,11-12,17H,5-10H2,1H3,(H,19,20,23);3H,1H2,2H3. The van der Waals surface area contributed by atoms with E-state index < -0.39 is 0 Å². The first kappa shape index (κ1) is 18.4. The minimum absolute atomic E-state index is 0.0392. The lowest BCUT2D eigenvalue weighted by molar-refractivity contribution is -0.117. The number of rotatable bonds is 4. The van der Waals surface area contributed by atoms with Gasteiger partial charge in [-0.2, -0.15) is 9.50 Å². The van der Waals surface area contributed by atoms with Crippen LogP contribution in [0.5, 0.6) is 0 Å². The molecule has 3 heterocycles. The third-order valence-corrected chi connectivity index (χ3v) is 4.75. The Bertz CT molecular complexity index is 758. The second kappa shape index (κ2) is 8.31. The molecule has 2 aromatic heterocycles. The molecule has 140 valence electrons. The second-order valence-corrected chi connectivity index (χ2v) is 6.81. The molecule has 1 aliphatic heterocycles. The van der Waals surface area contributed by atoms with E-state index in [-0.39, 0.29) is 11.8 Å².